The number of benzene rings is 2. The van der Waals surface area contributed by atoms with E-state index in [1.807, 2.05) is 54.6 Å². The second-order valence-corrected chi connectivity index (χ2v) is 7.70. The van der Waals surface area contributed by atoms with Crippen LogP contribution in [0, 0.1) is 5.92 Å². The highest BCUT2D eigenvalue weighted by Crippen LogP contribution is 2.28. The van der Waals surface area contributed by atoms with Gasteiger partial charge in [0, 0.05) is 12.6 Å². The van der Waals surface area contributed by atoms with E-state index in [4.69, 9.17) is 4.74 Å². The predicted molar refractivity (Wildman–Crippen MR) is 115 cm³/mol. The maximum Gasteiger partial charge on any atom is 0.329 e. The summed E-state index contributed by atoms with van der Waals surface area (Å²) in [7, 11) is 0. The van der Waals surface area contributed by atoms with E-state index in [1.165, 1.54) is 6.92 Å². The van der Waals surface area contributed by atoms with Gasteiger partial charge in [0.1, 0.15) is 6.04 Å². The van der Waals surface area contributed by atoms with Gasteiger partial charge in [0.15, 0.2) is 6.61 Å². The standard InChI is InChI=1S/C24H28N2O4/c1-17(27)25-23(19-11-5-6-12-19)24(29)30-16-22(28)26-21-14-8-7-13-20(21)15-18-9-3-2-4-10-18/h2-4,7-10,13-14,19,23H,5-6,11-12,15-16H2,1H3,(H,25,27)(H,26,28). The van der Waals surface area contributed by atoms with Gasteiger partial charge >= 0.3 is 5.97 Å². The Labute approximate surface area is 177 Å². The first-order valence-electron chi connectivity index (χ1n) is 10.4. The maximum absolute atomic E-state index is 12.5. The molecule has 1 aliphatic rings. The number of hydrogen-bond donors (Lipinski definition) is 2. The van der Waals surface area contributed by atoms with Crippen molar-refractivity contribution < 1.29 is 19.1 Å². The van der Waals surface area contributed by atoms with E-state index in [0.717, 1.165) is 36.8 Å². The van der Waals surface area contributed by atoms with Gasteiger partial charge in [-0.2, -0.15) is 0 Å². The van der Waals surface area contributed by atoms with Crippen LogP contribution in [0.15, 0.2) is 54.6 Å². The molecule has 2 aromatic carbocycles. The summed E-state index contributed by atoms with van der Waals surface area (Å²) >= 11 is 0. The molecular formula is C24H28N2O4. The number of para-hydroxylation sites is 1. The third kappa shape index (κ3) is 6.17. The maximum atomic E-state index is 12.5. The molecule has 0 aliphatic heterocycles. The summed E-state index contributed by atoms with van der Waals surface area (Å²) in [5.74, 6) is -1.17. The molecule has 0 aromatic heterocycles. The Morgan fingerprint density at radius 3 is 2.37 bits per heavy atom. The Bertz CT molecular complexity index is 876. The Balaban J connectivity index is 1.57. The van der Waals surface area contributed by atoms with E-state index in [-0.39, 0.29) is 18.4 Å². The smallest absolute Gasteiger partial charge is 0.329 e. The predicted octanol–water partition coefficient (Wildman–Crippen LogP) is 3.45. The number of carbonyl (C=O) groups is 3. The molecule has 1 unspecified atom stereocenters. The number of amides is 2. The highest BCUT2D eigenvalue weighted by atomic mass is 16.5. The molecular weight excluding hydrogens is 380 g/mol. The summed E-state index contributed by atoms with van der Waals surface area (Å²) in [4.78, 5) is 36.4. The zero-order valence-corrected chi connectivity index (χ0v) is 17.2. The first-order chi connectivity index (χ1) is 14.5. The molecule has 30 heavy (non-hydrogen) atoms. The van der Waals surface area contributed by atoms with Gasteiger partial charge in [0.25, 0.3) is 5.91 Å². The summed E-state index contributed by atoms with van der Waals surface area (Å²) in [6, 6.07) is 16.9. The molecule has 1 atom stereocenters. The minimum atomic E-state index is -0.692. The molecule has 2 aromatic rings. The monoisotopic (exact) mass is 408 g/mol. The molecule has 0 saturated heterocycles. The average Bonchev–Trinajstić information content (AvgIpc) is 3.27. The van der Waals surface area contributed by atoms with Crippen molar-refractivity contribution in [3.63, 3.8) is 0 Å². The average molecular weight is 408 g/mol. The lowest BCUT2D eigenvalue weighted by atomic mass is 9.98. The van der Waals surface area contributed by atoms with Crippen molar-refractivity contribution in [1.82, 2.24) is 5.32 Å². The van der Waals surface area contributed by atoms with Crippen LogP contribution in [0.5, 0.6) is 0 Å². The molecule has 3 rings (SSSR count). The minimum Gasteiger partial charge on any atom is -0.454 e. The Morgan fingerprint density at radius 2 is 1.67 bits per heavy atom. The van der Waals surface area contributed by atoms with Crippen molar-refractivity contribution in [2.24, 2.45) is 5.92 Å². The van der Waals surface area contributed by atoms with Crippen LogP contribution in [-0.2, 0) is 25.5 Å². The number of nitrogens with one attached hydrogen (secondary N) is 2. The van der Waals surface area contributed by atoms with Crippen molar-refractivity contribution in [2.45, 2.75) is 45.1 Å². The summed E-state index contributed by atoms with van der Waals surface area (Å²) in [6.07, 6.45) is 4.50. The fraction of sp³-hybridized carbons (Fsp3) is 0.375. The van der Waals surface area contributed by atoms with E-state index in [1.54, 1.807) is 0 Å². The van der Waals surface area contributed by atoms with Crippen LogP contribution < -0.4 is 10.6 Å². The number of ether oxygens (including phenoxy) is 1. The molecule has 6 heteroatoms. The Morgan fingerprint density at radius 1 is 1.00 bits per heavy atom. The molecule has 2 N–H and O–H groups in total. The van der Waals surface area contributed by atoms with Gasteiger partial charge in [-0.3, -0.25) is 9.59 Å². The first-order valence-corrected chi connectivity index (χ1v) is 10.4. The second-order valence-electron chi connectivity index (χ2n) is 7.70. The summed E-state index contributed by atoms with van der Waals surface area (Å²) in [6.45, 7) is 0.993. The van der Waals surface area contributed by atoms with Crippen LogP contribution in [0.4, 0.5) is 5.69 Å². The number of esters is 1. The summed E-state index contributed by atoms with van der Waals surface area (Å²) in [5.41, 5.74) is 2.81. The van der Waals surface area contributed by atoms with Crippen molar-refractivity contribution in [3.05, 3.63) is 65.7 Å². The third-order valence-corrected chi connectivity index (χ3v) is 5.36. The number of rotatable bonds is 8. The quantitative estimate of drug-likeness (QED) is 0.655. The lowest BCUT2D eigenvalue weighted by molar-refractivity contribution is -0.152. The highest BCUT2D eigenvalue weighted by Gasteiger charge is 2.32. The van der Waals surface area contributed by atoms with Crippen LogP contribution in [0.2, 0.25) is 0 Å². The molecule has 0 radical (unpaired) electrons. The molecule has 0 bridgehead atoms. The van der Waals surface area contributed by atoms with Gasteiger partial charge in [-0.25, -0.2) is 4.79 Å². The van der Waals surface area contributed by atoms with E-state index >= 15 is 0 Å². The van der Waals surface area contributed by atoms with Crippen molar-refractivity contribution in [2.75, 3.05) is 11.9 Å². The SMILES string of the molecule is CC(=O)NC(C(=O)OCC(=O)Nc1ccccc1Cc1ccccc1)C1CCCC1. The lowest BCUT2D eigenvalue weighted by Crippen LogP contribution is -2.46. The fourth-order valence-corrected chi connectivity index (χ4v) is 3.90. The second kappa shape index (κ2) is 10.6. The Hall–Kier alpha value is -3.15. The van der Waals surface area contributed by atoms with Gasteiger partial charge in [-0.15, -0.1) is 0 Å². The van der Waals surface area contributed by atoms with E-state index < -0.39 is 17.9 Å². The molecule has 0 spiro atoms. The molecule has 1 aliphatic carbocycles. The summed E-state index contributed by atoms with van der Waals surface area (Å²) in [5, 5.41) is 5.52. The molecule has 0 heterocycles. The summed E-state index contributed by atoms with van der Waals surface area (Å²) < 4.78 is 5.24. The van der Waals surface area contributed by atoms with Crippen LogP contribution in [0.3, 0.4) is 0 Å². The number of anilines is 1. The van der Waals surface area contributed by atoms with Gasteiger partial charge in [-0.1, -0.05) is 61.4 Å². The molecule has 1 fully saturated rings. The van der Waals surface area contributed by atoms with Gasteiger partial charge < -0.3 is 15.4 Å². The van der Waals surface area contributed by atoms with Crippen LogP contribution in [0.25, 0.3) is 0 Å². The Kier molecular flexibility index (Phi) is 7.60. The molecule has 6 nitrogen and oxygen atoms in total. The van der Waals surface area contributed by atoms with Crippen molar-refractivity contribution in [3.8, 4) is 0 Å². The zero-order valence-electron chi connectivity index (χ0n) is 17.2. The largest absolute Gasteiger partial charge is 0.454 e. The molecule has 158 valence electrons. The van der Waals surface area contributed by atoms with Gasteiger partial charge in [0.05, 0.1) is 0 Å². The van der Waals surface area contributed by atoms with Crippen molar-refractivity contribution >= 4 is 23.5 Å². The van der Waals surface area contributed by atoms with E-state index in [0.29, 0.717) is 12.1 Å². The van der Waals surface area contributed by atoms with Crippen molar-refractivity contribution in [1.29, 1.82) is 0 Å². The number of hydrogen-bond acceptors (Lipinski definition) is 4. The van der Waals surface area contributed by atoms with Crippen LogP contribution >= 0.6 is 0 Å². The fourth-order valence-electron chi connectivity index (χ4n) is 3.90. The third-order valence-electron chi connectivity index (χ3n) is 5.36. The van der Waals surface area contributed by atoms with Crippen LogP contribution in [0.1, 0.15) is 43.7 Å². The number of carbonyl (C=O) groups excluding carboxylic acids is 3. The molecule has 1 saturated carbocycles. The van der Waals surface area contributed by atoms with E-state index in [9.17, 15) is 14.4 Å². The van der Waals surface area contributed by atoms with Crippen LogP contribution in [-0.4, -0.2) is 30.4 Å². The highest BCUT2D eigenvalue weighted by molar-refractivity contribution is 5.94. The lowest BCUT2D eigenvalue weighted by Gasteiger charge is -2.22. The topological polar surface area (TPSA) is 84.5 Å². The normalized spacial score (nSPS) is 14.7. The molecule has 2 amide bonds. The minimum absolute atomic E-state index is 0.0658. The van der Waals surface area contributed by atoms with Gasteiger partial charge in [-0.05, 0) is 42.4 Å². The first kappa shape index (κ1) is 21.6. The van der Waals surface area contributed by atoms with Gasteiger partial charge in [0.2, 0.25) is 5.91 Å². The van der Waals surface area contributed by atoms with E-state index in [2.05, 4.69) is 10.6 Å². The zero-order chi connectivity index (χ0) is 21.3.